The summed E-state index contributed by atoms with van der Waals surface area (Å²) < 4.78 is 5.45. The molecule has 0 radical (unpaired) electrons. The number of fused-ring (bicyclic) bond motifs is 1. The fourth-order valence-electron chi connectivity index (χ4n) is 3.37. The van der Waals surface area contributed by atoms with Gasteiger partial charge >= 0.3 is 0 Å². The first kappa shape index (κ1) is 15.5. The molecule has 0 aliphatic carbocycles. The monoisotopic (exact) mass is 336 g/mol. The zero-order valence-corrected chi connectivity index (χ0v) is 14.1. The molecule has 3 aromatic rings. The lowest BCUT2D eigenvalue weighted by atomic mass is 10.1. The van der Waals surface area contributed by atoms with Crippen molar-refractivity contribution in [1.29, 1.82) is 0 Å². The molecule has 1 aliphatic heterocycles. The lowest BCUT2D eigenvalue weighted by Gasteiger charge is -2.36. The maximum absolute atomic E-state index is 12.9. The summed E-state index contributed by atoms with van der Waals surface area (Å²) in [5, 5.41) is 7.83. The van der Waals surface area contributed by atoms with E-state index in [-0.39, 0.29) is 5.91 Å². The van der Waals surface area contributed by atoms with Gasteiger partial charge in [-0.15, -0.1) is 0 Å². The Hall–Kier alpha value is -3.02. The number of H-pyrrole nitrogens is 1. The van der Waals surface area contributed by atoms with Crippen LogP contribution in [0.1, 0.15) is 10.4 Å². The normalized spacial score (nSPS) is 14.8. The Kier molecular flexibility index (Phi) is 4.01. The smallest absolute Gasteiger partial charge is 0.254 e. The third-order valence-corrected chi connectivity index (χ3v) is 4.71. The number of aromatic amines is 1. The molecular weight excluding hydrogens is 316 g/mol. The van der Waals surface area contributed by atoms with Gasteiger partial charge in [0.2, 0.25) is 0 Å². The van der Waals surface area contributed by atoms with Crippen molar-refractivity contribution in [3.05, 3.63) is 54.2 Å². The first-order valence-electron chi connectivity index (χ1n) is 8.37. The second-order valence-electron chi connectivity index (χ2n) is 6.09. The van der Waals surface area contributed by atoms with Crippen LogP contribution in [0.2, 0.25) is 0 Å². The van der Waals surface area contributed by atoms with Crippen LogP contribution in [0.25, 0.3) is 10.9 Å². The summed E-state index contributed by atoms with van der Waals surface area (Å²) in [6.45, 7) is 2.94. The van der Waals surface area contributed by atoms with Crippen LogP contribution in [0.5, 0.6) is 5.75 Å². The fraction of sp³-hybridized carbons (Fsp3) is 0.263. The number of nitrogens with one attached hydrogen (secondary N) is 1. The Labute approximate surface area is 146 Å². The van der Waals surface area contributed by atoms with Crippen LogP contribution in [0.4, 0.5) is 5.69 Å². The van der Waals surface area contributed by atoms with Crippen LogP contribution in [-0.4, -0.2) is 54.3 Å². The molecule has 0 spiro atoms. The Balaban J connectivity index is 1.50. The van der Waals surface area contributed by atoms with Crippen molar-refractivity contribution in [3.63, 3.8) is 0 Å². The molecule has 0 saturated carbocycles. The van der Waals surface area contributed by atoms with Crippen LogP contribution in [0.3, 0.4) is 0 Å². The molecule has 25 heavy (non-hydrogen) atoms. The molecule has 2 aromatic carbocycles. The first-order valence-corrected chi connectivity index (χ1v) is 8.37. The fourth-order valence-corrected chi connectivity index (χ4v) is 3.37. The lowest BCUT2D eigenvalue weighted by Crippen LogP contribution is -2.48. The van der Waals surface area contributed by atoms with Gasteiger partial charge in [-0.25, -0.2) is 0 Å². The third-order valence-electron chi connectivity index (χ3n) is 4.71. The van der Waals surface area contributed by atoms with Crippen LogP contribution < -0.4 is 9.64 Å². The Morgan fingerprint density at radius 2 is 1.88 bits per heavy atom. The second kappa shape index (κ2) is 6.47. The first-order chi connectivity index (χ1) is 12.3. The molecular formula is C19H20N4O2. The quantitative estimate of drug-likeness (QED) is 0.798. The second-order valence-corrected chi connectivity index (χ2v) is 6.09. The number of methoxy groups -OCH3 is 1. The van der Waals surface area contributed by atoms with Crippen molar-refractivity contribution in [2.45, 2.75) is 0 Å². The van der Waals surface area contributed by atoms with Crippen molar-refractivity contribution >= 4 is 22.5 Å². The van der Waals surface area contributed by atoms with Gasteiger partial charge < -0.3 is 14.5 Å². The van der Waals surface area contributed by atoms with E-state index in [2.05, 4.69) is 21.2 Å². The molecule has 1 amide bonds. The SMILES string of the molecule is COc1ccccc1N1CCN(C(=O)c2cccc3[nH]ncc23)CC1. The summed E-state index contributed by atoms with van der Waals surface area (Å²) in [4.78, 5) is 17.1. The van der Waals surface area contributed by atoms with Gasteiger partial charge in [0.1, 0.15) is 5.75 Å². The molecule has 128 valence electrons. The van der Waals surface area contributed by atoms with E-state index >= 15 is 0 Å². The molecule has 2 heterocycles. The number of hydrogen-bond acceptors (Lipinski definition) is 4. The predicted octanol–water partition coefficient (Wildman–Crippen LogP) is 2.53. The molecule has 6 heteroatoms. The van der Waals surface area contributed by atoms with Crippen LogP contribution in [0.15, 0.2) is 48.7 Å². The number of amides is 1. The van der Waals surface area contributed by atoms with E-state index in [9.17, 15) is 4.79 Å². The van der Waals surface area contributed by atoms with Crippen LogP contribution in [-0.2, 0) is 0 Å². The van der Waals surface area contributed by atoms with E-state index in [1.807, 2.05) is 41.3 Å². The number of rotatable bonds is 3. The van der Waals surface area contributed by atoms with E-state index in [0.717, 1.165) is 35.4 Å². The van der Waals surface area contributed by atoms with Crippen molar-refractivity contribution in [3.8, 4) is 5.75 Å². The number of para-hydroxylation sites is 2. The Morgan fingerprint density at radius 3 is 2.68 bits per heavy atom. The van der Waals surface area contributed by atoms with E-state index < -0.39 is 0 Å². The zero-order chi connectivity index (χ0) is 17.2. The zero-order valence-electron chi connectivity index (χ0n) is 14.1. The van der Waals surface area contributed by atoms with Crippen molar-refractivity contribution in [2.75, 3.05) is 38.2 Å². The van der Waals surface area contributed by atoms with Gasteiger partial charge in [-0.2, -0.15) is 5.10 Å². The van der Waals surface area contributed by atoms with E-state index in [1.54, 1.807) is 13.3 Å². The summed E-state index contributed by atoms with van der Waals surface area (Å²) in [5.74, 6) is 0.928. The number of carbonyl (C=O) groups excluding carboxylic acids is 1. The maximum Gasteiger partial charge on any atom is 0.254 e. The van der Waals surface area contributed by atoms with Crippen molar-refractivity contribution in [1.82, 2.24) is 15.1 Å². The highest BCUT2D eigenvalue weighted by Crippen LogP contribution is 2.28. The Bertz CT molecular complexity index is 897. The molecule has 4 rings (SSSR count). The molecule has 0 atom stereocenters. The number of piperazine rings is 1. The van der Waals surface area contributed by atoms with Gasteiger partial charge in [0.25, 0.3) is 5.91 Å². The van der Waals surface area contributed by atoms with E-state index in [0.29, 0.717) is 18.7 Å². The third kappa shape index (κ3) is 2.80. The minimum atomic E-state index is 0.0617. The molecule has 6 nitrogen and oxygen atoms in total. The number of ether oxygens (including phenoxy) is 1. The van der Waals surface area contributed by atoms with E-state index in [1.165, 1.54) is 0 Å². The summed E-state index contributed by atoms with van der Waals surface area (Å²) in [5.41, 5.74) is 2.67. The average molecular weight is 336 g/mol. The minimum Gasteiger partial charge on any atom is -0.495 e. The van der Waals surface area contributed by atoms with Crippen LogP contribution >= 0.6 is 0 Å². The number of carbonyl (C=O) groups is 1. The highest BCUT2D eigenvalue weighted by molar-refractivity contribution is 6.06. The van der Waals surface area contributed by atoms with Gasteiger partial charge in [0, 0.05) is 31.6 Å². The topological polar surface area (TPSA) is 61.5 Å². The minimum absolute atomic E-state index is 0.0617. The van der Waals surface area contributed by atoms with Gasteiger partial charge in [-0.05, 0) is 24.3 Å². The van der Waals surface area contributed by atoms with Gasteiger partial charge in [-0.1, -0.05) is 18.2 Å². The van der Waals surface area contributed by atoms with Crippen molar-refractivity contribution in [2.24, 2.45) is 0 Å². The van der Waals surface area contributed by atoms with E-state index in [4.69, 9.17) is 4.74 Å². The molecule has 1 aliphatic rings. The van der Waals surface area contributed by atoms with Crippen LogP contribution in [0, 0.1) is 0 Å². The predicted molar refractivity (Wildman–Crippen MR) is 97.2 cm³/mol. The molecule has 1 N–H and O–H groups in total. The number of benzene rings is 2. The van der Waals surface area contributed by atoms with Crippen molar-refractivity contribution < 1.29 is 9.53 Å². The summed E-state index contributed by atoms with van der Waals surface area (Å²) in [6.07, 6.45) is 1.72. The number of aromatic nitrogens is 2. The van der Waals surface area contributed by atoms with Gasteiger partial charge in [0.15, 0.2) is 0 Å². The molecule has 0 bridgehead atoms. The summed E-state index contributed by atoms with van der Waals surface area (Å²) in [6, 6.07) is 13.7. The Morgan fingerprint density at radius 1 is 1.08 bits per heavy atom. The average Bonchev–Trinajstić information content (AvgIpc) is 3.16. The maximum atomic E-state index is 12.9. The molecule has 1 fully saturated rings. The largest absolute Gasteiger partial charge is 0.495 e. The number of anilines is 1. The lowest BCUT2D eigenvalue weighted by molar-refractivity contribution is 0.0748. The molecule has 0 unspecified atom stereocenters. The summed E-state index contributed by atoms with van der Waals surface area (Å²) in [7, 11) is 1.68. The van der Waals surface area contributed by atoms with Gasteiger partial charge in [0.05, 0.1) is 30.1 Å². The molecule has 1 aromatic heterocycles. The number of hydrogen-bond donors (Lipinski definition) is 1. The highest BCUT2D eigenvalue weighted by Gasteiger charge is 2.24. The highest BCUT2D eigenvalue weighted by atomic mass is 16.5. The van der Waals surface area contributed by atoms with Gasteiger partial charge in [-0.3, -0.25) is 9.89 Å². The number of nitrogens with zero attached hydrogens (tertiary/aromatic N) is 3. The standard InChI is InChI=1S/C19H20N4O2/c1-25-18-8-3-2-7-17(18)22-9-11-23(12-10-22)19(24)14-5-4-6-16-15(14)13-20-21-16/h2-8,13H,9-12H2,1H3,(H,20,21). The summed E-state index contributed by atoms with van der Waals surface area (Å²) >= 11 is 0. The molecule has 1 saturated heterocycles.